The minimum absolute atomic E-state index is 0.0873. The molecule has 0 aliphatic carbocycles. The molecule has 136 valence electrons. The molecule has 26 heavy (non-hydrogen) atoms. The van der Waals surface area contributed by atoms with E-state index in [4.69, 9.17) is 5.41 Å². The molecule has 0 spiro atoms. The number of nitrogens with one attached hydrogen (secondary N) is 1. The van der Waals surface area contributed by atoms with Gasteiger partial charge in [0.2, 0.25) is 5.17 Å². The summed E-state index contributed by atoms with van der Waals surface area (Å²) >= 11 is 4.87. The van der Waals surface area contributed by atoms with E-state index < -0.39 is 0 Å². The maximum atomic E-state index is 12.4. The highest BCUT2D eigenvalue weighted by molar-refractivity contribution is 9.10. The van der Waals surface area contributed by atoms with Crippen molar-refractivity contribution in [2.24, 2.45) is 10.1 Å². The van der Waals surface area contributed by atoms with Crippen molar-refractivity contribution < 1.29 is 4.79 Å². The van der Waals surface area contributed by atoms with Crippen LogP contribution in [0.2, 0.25) is 0 Å². The van der Waals surface area contributed by atoms with Crippen LogP contribution in [0.5, 0.6) is 0 Å². The molecule has 1 N–H and O–H groups in total. The van der Waals surface area contributed by atoms with Gasteiger partial charge >= 0.3 is 0 Å². The van der Waals surface area contributed by atoms with E-state index >= 15 is 0 Å². The number of hydrogen-bond acceptors (Lipinski definition) is 4. The van der Waals surface area contributed by atoms with Crippen molar-refractivity contribution in [3.05, 3.63) is 39.9 Å². The molecule has 0 bridgehead atoms. The van der Waals surface area contributed by atoms with Gasteiger partial charge in [-0.05, 0) is 42.3 Å². The number of amides is 1. The number of halogens is 1. The summed E-state index contributed by atoms with van der Waals surface area (Å²) in [5, 5.41) is 15.8. The Morgan fingerprint density at radius 3 is 2.77 bits per heavy atom. The number of fused-ring (bicyclic) bond motifs is 1. The largest absolute Gasteiger partial charge is 0.283 e. The molecule has 0 saturated carbocycles. The summed E-state index contributed by atoms with van der Waals surface area (Å²) in [6, 6.07) is 7.59. The van der Waals surface area contributed by atoms with E-state index in [0.717, 1.165) is 27.9 Å². The first-order valence-electron chi connectivity index (χ1n) is 8.83. The van der Waals surface area contributed by atoms with Crippen molar-refractivity contribution in [3.8, 4) is 0 Å². The molecule has 3 rings (SSSR count). The van der Waals surface area contributed by atoms with Crippen LogP contribution in [0, 0.1) is 5.41 Å². The summed E-state index contributed by atoms with van der Waals surface area (Å²) in [6.45, 7) is 2.20. The smallest absolute Gasteiger partial charge is 0.282 e. The van der Waals surface area contributed by atoms with Crippen LogP contribution in [0.15, 0.2) is 44.4 Å². The summed E-state index contributed by atoms with van der Waals surface area (Å²) in [7, 11) is 0. The van der Waals surface area contributed by atoms with Crippen LogP contribution >= 0.6 is 27.7 Å². The second kappa shape index (κ2) is 8.77. The van der Waals surface area contributed by atoms with Gasteiger partial charge < -0.3 is 0 Å². The Bertz CT molecular complexity index is 816. The third-order valence-electron chi connectivity index (χ3n) is 4.20. The SMILES string of the molecule is CCCCCCCC1=NN2C(=N)C(=Cc3ccccc3Br)C(=O)N=C2S1. The molecular weight excluding hydrogens is 412 g/mol. The number of aliphatic imine (C=N–C) groups is 1. The highest BCUT2D eigenvalue weighted by atomic mass is 79.9. The average molecular weight is 433 g/mol. The van der Waals surface area contributed by atoms with E-state index in [-0.39, 0.29) is 17.3 Å². The van der Waals surface area contributed by atoms with Gasteiger partial charge in [-0.25, -0.2) is 0 Å². The molecule has 2 aliphatic heterocycles. The van der Waals surface area contributed by atoms with Gasteiger partial charge in [0.05, 0.1) is 5.57 Å². The summed E-state index contributed by atoms with van der Waals surface area (Å²) in [5.74, 6) is -0.298. The Morgan fingerprint density at radius 1 is 1.23 bits per heavy atom. The van der Waals surface area contributed by atoms with Crippen LogP contribution < -0.4 is 0 Å². The lowest BCUT2D eigenvalue weighted by Gasteiger charge is -2.20. The number of nitrogens with zero attached hydrogens (tertiary/aromatic N) is 3. The molecular formula is C19H21BrN4OS. The van der Waals surface area contributed by atoms with Crippen molar-refractivity contribution in [3.63, 3.8) is 0 Å². The molecule has 1 amide bonds. The van der Waals surface area contributed by atoms with Gasteiger partial charge in [0.25, 0.3) is 5.91 Å². The Balaban J connectivity index is 1.73. The lowest BCUT2D eigenvalue weighted by atomic mass is 10.1. The molecule has 2 aliphatic rings. The topological polar surface area (TPSA) is 68.9 Å². The molecule has 1 aromatic carbocycles. The summed E-state index contributed by atoms with van der Waals surface area (Å²) in [6.07, 6.45) is 8.56. The molecule has 5 nitrogen and oxygen atoms in total. The van der Waals surface area contributed by atoms with E-state index in [1.807, 2.05) is 24.3 Å². The van der Waals surface area contributed by atoms with E-state index in [1.165, 1.54) is 42.5 Å². The molecule has 0 saturated heterocycles. The number of carbonyl (C=O) groups excluding carboxylic acids is 1. The highest BCUT2D eigenvalue weighted by Gasteiger charge is 2.35. The first-order chi connectivity index (χ1) is 12.6. The fraction of sp³-hybridized carbons (Fsp3) is 0.368. The number of rotatable bonds is 7. The Morgan fingerprint density at radius 2 is 2.00 bits per heavy atom. The second-order valence-corrected chi connectivity index (χ2v) is 8.09. The molecule has 0 atom stereocenters. The van der Waals surface area contributed by atoms with Gasteiger partial charge in [0.1, 0.15) is 5.04 Å². The van der Waals surface area contributed by atoms with Gasteiger partial charge in [-0.3, -0.25) is 10.2 Å². The van der Waals surface area contributed by atoms with Crippen molar-refractivity contribution in [2.45, 2.75) is 45.4 Å². The number of unbranched alkanes of at least 4 members (excludes halogenated alkanes) is 4. The van der Waals surface area contributed by atoms with Gasteiger partial charge in [-0.1, -0.05) is 66.7 Å². The van der Waals surface area contributed by atoms with Crippen molar-refractivity contribution in [1.29, 1.82) is 5.41 Å². The number of thioether (sulfide) groups is 1. The normalized spacial score (nSPS) is 18.2. The first kappa shape index (κ1) is 19.0. The van der Waals surface area contributed by atoms with Gasteiger partial charge in [0.15, 0.2) is 5.84 Å². The third-order valence-corrected chi connectivity index (χ3v) is 5.89. The zero-order chi connectivity index (χ0) is 18.5. The van der Waals surface area contributed by atoms with Crippen LogP contribution in [0.3, 0.4) is 0 Å². The second-order valence-electron chi connectivity index (χ2n) is 6.20. The Hall–Kier alpha value is -1.73. The summed E-state index contributed by atoms with van der Waals surface area (Å²) in [5.41, 5.74) is 1.10. The van der Waals surface area contributed by atoms with Crippen LogP contribution in [-0.4, -0.2) is 27.0 Å². The molecule has 7 heteroatoms. The van der Waals surface area contributed by atoms with Crippen LogP contribution in [0.25, 0.3) is 6.08 Å². The zero-order valence-corrected chi connectivity index (χ0v) is 17.1. The summed E-state index contributed by atoms with van der Waals surface area (Å²) in [4.78, 5) is 16.5. The molecule has 0 fully saturated rings. The van der Waals surface area contributed by atoms with E-state index in [9.17, 15) is 4.79 Å². The number of hydrazone groups is 1. The number of carbonyl (C=O) groups is 1. The number of benzene rings is 1. The van der Waals surface area contributed by atoms with E-state index in [0.29, 0.717) is 5.17 Å². The monoisotopic (exact) mass is 432 g/mol. The predicted octanol–water partition coefficient (Wildman–Crippen LogP) is 5.43. The lowest BCUT2D eigenvalue weighted by molar-refractivity contribution is -0.114. The first-order valence-corrected chi connectivity index (χ1v) is 10.4. The van der Waals surface area contributed by atoms with E-state index in [1.54, 1.807) is 6.08 Å². The fourth-order valence-corrected chi connectivity index (χ4v) is 4.09. The predicted molar refractivity (Wildman–Crippen MR) is 113 cm³/mol. The highest BCUT2D eigenvalue weighted by Crippen LogP contribution is 2.30. The maximum Gasteiger partial charge on any atom is 0.283 e. The molecule has 0 radical (unpaired) electrons. The van der Waals surface area contributed by atoms with Crippen LogP contribution in [0.1, 0.15) is 51.0 Å². The quantitative estimate of drug-likeness (QED) is 0.461. The maximum absolute atomic E-state index is 12.4. The average Bonchev–Trinajstić information content (AvgIpc) is 3.03. The zero-order valence-electron chi connectivity index (χ0n) is 14.7. The Labute approximate surface area is 166 Å². The fourth-order valence-electron chi connectivity index (χ4n) is 2.76. The lowest BCUT2D eigenvalue weighted by Crippen LogP contribution is -2.35. The van der Waals surface area contributed by atoms with Gasteiger partial charge in [-0.2, -0.15) is 15.1 Å². The van der Waals surface area contributed by atoms with Crippen LogP contribution in [-0.2, 0) is 4.79 Å². The standard InChI is InChI=1S/C19H21BrN4OS/c1-2-3-4-5-6-11-16-23-24-17(21)14(18(25)22-19(24)26-16)12-13-9-7-8-10-15(13)20/h7-10,12,21H,2-6,11H2,1H3. The van der Waals surface area contributed by atoms with Crippen LogP contribution in [0.4, 0.5) is 0 Å². The molecule has 1 aromatic rings. The summed E-state index contributed by atoms with van der Waals surface area (Å²) < 4.78 is 0.870. The van der Waals surface area contributed by atoms with Crippen molar-refractivity contribution in [1.82, 2.24) is 5.01 Å². The molecule has 0 aromatic heterocycles. The van der Waals surface area contributed by atoms with Crippen molar-refractivity contribution in [2.75, 3.05) is 0 Å². The van der Waals surface area contributed by atoms with Gasteiger partial charge in [0, 0.05) is 4.47 Å². The minimum Gasteiger partial charge on any atom is -0.282 e. The third kappa shape index (κ3) is 4.32. The van der Waals surface area contributed by atoms with E-state index in [2.05, 4.69) is 32.9 Å². The van der Waals surface area contributed by atoms with Gasteiger partial charge in [-0.15, -0.1) is 0 Å². The number of hydrogen-bond donors (Lipinski definition) is 1. The minimum atomic E-state index is -0.385. The molecule has 2 heterocycles. The Kier molecular flexibility index (Phi) is 6.43. The number of amidine groups is 2. The molecule has 0 unspecified atom stereocenters. The van der Waals surface area contributed by atoms with Crippen molar-refractivity contribution >= 4 is 55.7 Å².